The van der Waals surface area contributed by atoms with E-state index in [1.807, 2.05) is 19.1 Å². The fourth-order valence-electron chi connectivity index (χ4n) is 2.97. The van der Waals surface area contributed by atoms with Crippen molar-refractivity contribution in [2.75, 3.05) is 6.61 Å². The van der Waals surface area contributed by atoms with Crippen LogP contribution in [0.4, 0.5) is 0 Å². The summed E-state index contributed by atoms with van der Waals surface area (Å²) in [6.07, 6.45) is 7.96. The van der Waals surface area contributed by atoms with E-state index in [0.29, 0.717) is 6.61 Å². The van der Waals surface area contributed by atoms with E-state index in [-0.39, 0.29) is 6.04 Å². The molecule has 1 aliphatic rings. The van der Waals surface area contributed by atoms with Crippen LogP contribution in [-0.2, 0) is 0 Å². The molecule has 0 amide bonds. The molecule has 0 heterocycles. The highest BCUT2D eigenvalue weighted by atomic mass is 79.9. The summed E-state index contributed by atoms with van der Waals surface area (Å²) in [5.74, 6) is 1.71. The van der Waals surface area contributed by atoms with Gasteiger partial charge in [-0.15, -0.1) is 0 Å². The molecule has 2 nitrogen and oxygen atoms in total. The Morgan fingerprint density at radius 2 is 2.05 bits per heavy atom. The van der Waals surface area contributed by atoms with Crippen LogP contribution in [0.15, 0.2) is 22.7 Å². The Morgan fingerprint density at radius 3 is 2.68 bits per heavy atom. The first-order valence-corrected chi connectivity index (χ1v) is 8.17. The van der Waals surface area contributed by atoms with Crippen LogP contribution in [0.2, 0.25) is 0 Å². The maximum atomic E-state index is 6.38. The second-order valence-electron chi connectivity index (χ2n) is 5.46. The quantitative estimate of drug-likeness (QED) is 0.842. The monoisotopic (exact) mass is 325 g/mol. The zero-order valence-corrected chi connectivity index (χ0v) is 13.3. The Hall–Kier alpha value is -0.540. The van der Waals surface area contributed by atoms with Gasteiger partial charge in [0.1, 0.15) is 5.75 Å². The maximum Gasteiger partial charge on any atom is 0.120 e. The van der Waals surface area contributed by atoms with Crippen LogP contribution in [0.25, 0.3) is 0 Å². The van der Waals surface area contributed by atoms with E-state index in [1.165, 1.54) is 37.7 Å². The molecule has 3 heteroatoms. The second-order valence-corrected chi connectivity index (χ2v) is 6.32. The smallest absolute Gasteiger partial charge is 0.120 e. The summed E-state index contributed by atoms with van der Waals surface area (Å²) in [7, 11) is 0. The molecule has 1 fully saturated rings. The molecule has 1 atom stereocenters. The summed E-state index contributed by atoms with van der Waals surface area (Å²) in [5.41, 5.74) is 7.58. The molecule has 106 valence electrons. The predicted molar refractivity (Wildman–Crippen MR) is 83.4 cm³/mol. The Balaban J connectivity index is 1.99. The van der Waals surface area contributed by atoms with Crippen molar-refractivity contribution in [3.8, 4) is 5.75 Å². The maximum absolute atomic E-state index is 6.38. The Morgan fingerprint density at radius 1 is 1.32 bits per heavy atom. The highest BCUT2D eigenvalue weighted by Crippen LogP contribution is 2.34. The van der Waals surface area contributed by atoms with Gasteiger partial charge in [-0.2, -0.15) is 0 Å². The fraction of sp³-hybridized carbons (Fsp3) is 0.625. The van der Waals surface area contributed by atoms with Crippen LogP contribution in [0.3, 0.4) is 0 Å². The van der Waals surface area contributed by atoms with Gasteiger partial charge >= 0.3 is 0 Å². The molecule has 0 saturated heterocycles. The van der Waals surface area contributed by atoms with Gasteiger partial charge in [-0.1, -0.05) is 54.1 Å². The van der Waals surface area contributed by atoms with Gasteiger partial charge < -0.3 is 10.5 Å². The fourth-order valence-corrected chi connectivity index (χ4v) is 3.63. The predicted octanol–water partition coefficient (Wildman–Crippen LogP) is 4.82. The molecule has 0 aliphatic heterocycles. The third-order valence-corrected chi connectivity index (χ3v) is 4.68. The standard InChI is InChI=1S/C16H24BrNO/c1-2-19-13-8-9-14(15(17)11-13)16(18)10-12-6-4-3-5-7-12/h8-9,11-12,16H,2-7,10,18H2,1H3. The van der Waals surface area contributed by atoms with E-state index in [4.69, 9.17) is 10.5 Å². The van der Waals surface area contributed by atoms with E-state index >= 15 is 0 Å². The summed E-state index contributed by atoms with van der Waals surface area (Å²) in [4.78, 5) is 0. The molecule has 0 radical (unpaired) electrons. The third kappa shape index (κ3) is 4.22. The Bertz CT molecular complexity index is 402. The molecule has 2 N–H and O–H groups in total. The van der Waals surface area contributed by atoms with Gasteiger partial charge in [0, 0.05) is 10.5 Å². The number of rotatable bonds is 5. The highest BCUT2D eigenvalue weighted by molar-refractivity contribution is 9.10. The summed E-state index contributed by atoms with van der Waals surface area (Å²) in [6, 6.07) is 6.28. The van der Waals surface area contributed by atoms with E-state index in [1.54, 1.807) is 0 Å². The van der Waals surface area contributed by atoms with Gasteiger partial charge in [-0.25, -0.2) is 0 Å². The van der Waals surface area contributed by atoms with Gasteiger partial charge in [-0.3, -0.25) is 0 Å². The van der Waals surface area contributed by atoms with Gasteiger partial charge in [0.25, 0.3) is 0 Å². The molecule has 1 aliphatic carbocycles. The lowest BCUT2D eigenvalue weighted by Crippen LogP contribution is -2.17. The first-order valence-electron chi connectivity index (χ1n) is 7.38. The van der Waals surface area contributed by atoms with Crippen molar-refractivity contribution >= 4 is 15.9 Å². The molecule has 0 bridgehead atoms. The van der Waals surface area contributed by atoms with Crippen LogP contribution in [0.1, 0.15) is 57.1 Å². The number of benzene rings is 1. The molecule has 0 spiro atoms. The minimum absolute atomic E-state index is 0.133. The number of hydrogen-bond acceptors (Lipinski definition) is 2. The van der Waals surface area contributed by atoms with E-state index in [0.717, 1.165) is 22.6 Å². The summed E-state index contributed by atoms with van der Waals surface area (Å²) >= 11 is 3.62. The lowest BCUT2D eigenvalue weighted by atomic mass is 9.83. The average Bonchev–Trinajstić information content (AvgIpc) is 2.40. The van der Waals surface area contributed by atoms with Crippen LogP contribution in [0, 0.1) is 5.92 Å². The zero-order valence-electron chi connectivity index (χ0n) is 11.7. The van der Waals surface area contributed by atoms with Crippen molar-refractivity contribution in [3.63, 3.8) is 0 Å². The van der Waals surface area contributed by atoms with Crippen LogP contribution in [-0.4, -0.2) is 6.61 Å². The lowest BCUT2D eigenvalue weighted by molar-refractivity contribution is 0.318. The molecular weight excluding hydrogens is 302 g/mol. The van der Waals surface area contributed by atoms with Crippen molar-refractivity contribution < 1.29 is 4.74 Å². The summed E-state index contributed by atoms with van der Waals surface area (Å²) in [6.45, 7) is 2.69. The number of nitrogens with two attached hydrogens (primary N) is 1. The van der Waals surface area contributed by atoms with Crippen molar-refractivity contribution in [2.24, 2.45) is 11.7 Å². The van der Waals surface area contributed by atoms with Gasteiger partial charge in [0.05, 0.1) is 6.61 Å². The van der Waals surface area contributed by atoms with Gasteiger partial charge in [0.2, 0.25) is 0 Å². The Labute approximate surface area is 124 Å². The normalized spacial score (nSPS) is 18.3. The zero-order chi connectivity index (χ0) is 13.7. The molecule has 1 saturated carbocycles. The molecule has 0 aromatic heterocycles. The van der Waals surface area contributed by atoms with Gasteiger partial charge in [0.15, 0.2) is 0 Å². The van der Waals surface area contributed by atoms with Crippen LogP contribution in [0.5, 0.6) is 5.75 Å². The molecule has 1 unspecified atom stereocenters. The van der Waals surface area contributed by atoms with Crippen molar-refractivity contribution in [3.05, 3.63) is 28.2 Å². The highest BCUT2D eigenvalue weighted by Gasteiger charge is 2.19. The van der Waals surface area contributed by atoms with E-state index < -0.39 is 0 Å². The van der Waals surface area contributed by atoms with E-state index in [9.17, 15) is 0 Å². The average molecular weight is 326 g/mol. The topological polar surface area (TPSA) is 35.2 Å². The minimum atomic E-state index is 0.133. The number of halogens is 1. The van der Waals surface area contributed by atoms with Crippen molar-refractivity contribution in [1.82, 2.24) is 0 Å². The second kappa shape index (κ2) is 7.30. The number of ether oxygens (including phenoxy) is 1. The van der Waals surface area contributed by atoms with Crippen molar-refractivity contribution in [2.45, 2.75) is 51.5 Å². The minimum Gasteiger partial charge on any atom is -0.494 e. The summed E-state index contributed by atoms with van der Waals surface area (Å²) in [5, 5.41) is 0. The van der Waals surface area contributed by atoms with Crippen LogP contribution >= 0.6 is 15.9 Å². The van der Waals surface area contributed by atoms with Crippen LogP contribution < -0.4 is 10.5 Å². The van der Waals surface area contributed by atoms with E-state index in [2.05, 4.69) is 22.0 Å². The molecule has 19 heavy (non-hydrogen) atoms. The SMILES string of the molecule is CCOc1ccc(C(N)CC2CCCCC2)c(Br)c1. The summed E-state index contributed by atoms with van der Waals surface area (Å²) < 4.78 is 6.57. The molecule has 1 aromatic carbocycles. The lowest BCUT2D eigenvalue weighted by Gasteiger charge is -2.25. The van der Waals surface area contributed by atoms with Crippen molar-refractivity contribution in [1.29, 1.82) is 0 Å². The first-order chi connectivity index (χ1) is 9.20. The third-order valence-electron chi connectivity index (χ3n) is 3.99. The largest absolute Gasteiger partial charge is 0.494 e. The first kappa shape index (κ1) is 14.9. The number of hydrogen-bond donors (Lipinski definition) is 1. The molecule has 1 aromatic rings. The molecular formula is C16H24BrNO. The molecule has 2 rings (SSSR count). The Kier molecular flexibility index (Phi) is 5.71. The van der Waals surface area contributed by atoms with Gasteiger partial charge in [-0.05, 0) is 37.0 Å².